The smallest absolute Gasteiger partial charge is 0.108 e. The molecule has 0 aromatic carbocycles. The number of aromatic nitrogens is 2. The van der Waals surface area contributed by atoms with Gasteiger partial charge in [0.15, 0.2) is 0 Å². The van der Waals surface area contributed by atoms with Crippen molar-refractivity contribution in [1.82, 2.24) is 9.55 Å². The van der Waals surface area contributed by atoms with Crippen molar-refractivity contribution in [2.75, 3.05) is 0 Å². The zero-order valence-electron chi connectivity index (χ0n) is 9.04. The molecule has 80 valence electrons. The fraction of sp³-hybridized carbons (Fsp3) is 0.727. The number of aryl methyl sites for hydroxylation is 2. The summed E-state index contributed by atoms with van der Waals surface area (Å²) in [6, 6.07) is 0. The Morgan fingerprint density at radius 3 is 3.00 bits per heavy atom. The van der Waals surface area contributed by atoms with Gasteiger partial charge in [-0.25, -0.2) is 4.98 Å². The third-order valence-corrected chi connectivity index (χ3v) is 2.49. The first kappa shape index (κ1) is 11.6. The van der Waals surface area contributed by atoms with E-state index in [0.717, 1.165) is 32.2 Å². The molecule has 3 heteroatoms. The molecule has 1 aromatic heterocycles. The molecule has 0 bridgehead atoms. The highest BCUT2D eigenvalue weighted by molar-refractivity contribution is 6.20. The third kappa shape index (κ3) is 3.70. The van der Waals surface area contributed by atoms with Crippen molar-refractivity contribution in [1.29, 1.82) is 0 Å². The van der Waals surface area contributed by atoms with Crippen molar-refractivity contribution in [2.45, 2.75) is 51.5 Å². The predicted octanol–water partition coefficient (Wildman–Crippen LogP) is 3.24. The summed E-state index contributed by atoms with van der Waals surface area (Å²) >= 11 is 5.89. The molecule has 0 fully saturated rings. The number of halogens is 1. The number of hydrogen-bond acceptors (Lipinski definition) is 1. The minimum Gasteiger partial charge on any atom is -0.335 e. The van der Waals surface area contributed by atoms with Crippen LogP contribution in [0.4, 0.5) is 0 Å². The van der Waals surface area contributed by atoms with E-state index in [9.17, 15) is 0 Å². The standard InChI is InChI=1S/C11H19ClN2/c1-3-8-14-9-7-13-11(14)6-4-5-10(2)12/h7,9-10H,3-6,8H2,1-2H3. The van der Waals surface area contributed by atoms with Crippen LogP contribution in [0.2, 0.25) is 0 Å². The molecule has 1 aromatic rings. The lowest BCUT2D eigenvalue weighted by molar-refractivity contribution is 0.610. The Bertz CT molecular complexity index is 256. The second-order valence-corrected chi connectivity index (χ2v) is 4.45. The fourth-order valence-electron chi connectivity index (χ4n) is 1.55. The van der Waals surface area contributed by atoms with Gasteiger partial charge in [0.05, 0.1) is 0 Å². The van der Waals surface area contributed by atoms with Crippen molar-refractivity contribution >= 4 is 11.6 Å². The predicted molar refractivity (Wildman–Crippen MR) is 60.8 cm³/mol. The highest BCUT2D eigenvalue weighted by atomic mass is 35.5. The summed E-state index contributed by atoms with van der Waals surface area (Å²) in [7, 11) is 0. The Hall–Kier alpha value is -0.500. The average Bonchev–Trinajstić information content (AvgIpc) is 2.53. The molecule has 1 rings (SSSR count). The highest BCUT2D eigenvalue weighted by Gasteiger charge is 2.02. The second kappa shape index (κ2) is 6.07. The molecule has 0 aliphatic rings. The zero-order chi connectivity index (χ0) is 10.4. The number of alkyl halides is 1. The molecule has 0 spiro atoms. The van der Waals surface area contributed by atoms with Crippen molar-refractivity contribution in [3.8, 4) is 0 Å². The van der Waals surface area contributed by atoms with Crippen LogP contribution in [-0.4, -0.2) is 14.9 Å². The minimum atomic E-state index is 0.282. The van der Waals surface area contributed by atoms with E-state index in [1.165, 1.54) is 5.82 Å². The Morgan fingerprint density at radius 2 is 2.36 bits per heavy atom. The van der Waals surface area contributed by atoms with Crippen LogP contribution in [-0.2, 0) is 13.0 Å². The van der Waals surface area contributed by atoms with Gasteiger partial charge in [-0.15, -0.1) is 11.6 Å². The van der Waals surface area contributed by atoms with Crippen LogP contribution in [0.1, 0.15) is 38.9 Å². The molecule has 0 radical (unpaired) electrons. The van der Waals surface area contributed by atoms with Crippen molar-refractivity contribution < 1.29 is 0 Å². The summed E-state index contributed by atoms with van der Waals surface area (Å²) in [5.74, 6) is 1.20. The van der Waals surface area contributed by atoms with Gasteiger partial charge in [0, 0.05) is 30.7 Å². The molecule has 2 nitrogen and oxygen atoms in total. The van der Waals surface area contributed by atoms with E-state index < -0.39 is 0 Å². The maximum absolute atomic E-state index is 5.89. The quantitative estimate of drug-likeness (QED) is 0.665. The average molecular weight is 215 g/mol. The molecule has 14 heavy (non-hydrogen) atoms. The summed E-state index contributed by atoms with van der Waals surface area (Å²) < 4.78 is 2.24. The van der Waals surface area contributed by atoms with Gasteiger partial charge in [0.2, 0.25) is 0 Å². The lowest BCUT2D eigenvalue weighted by Crippen LogP contribution is -2.03. The number of rotatable bonds is 6. The topological polar surface area (TPSA) is 17.8 Å². The molecular formula is C11H19ClN2. The highest BCUT2D eigenvalue weighted by Crippen LogP contribution is 2.09. The summed E-state index contributed by atoms with van der Waals surface area (Å²) in [6.45, 7) is 5.30. The second-order valence-electron chi connectivity index (χ2n) is 3.71. The van der Waals surface area contributed by atoms with E-state index >= 15 is 0 Å². The van der Waals surface area contributed by atoms with Crippen LogP contribution in [0.15, 0.2) is 12.4 Å². The van der Waals surface area contributed by atoms with Gasteiger partial charge in [0.1, 0.15) is 5.82 Å². The monoisotopic (exact) mass is 214 g/mol. The largest absolute Gasteiger partial charge is 0.335 e. The molecule has 0 saturated heterocycles. The van der Waals surface area contributed by atoms with Gasteiger partial charge < -0.3 is 4.57 Å². The zero-order valence-corrected chi connectivity index (χ0v) is 9.80. The Morgan fingerprint density at radius 1 is 1.57 bits per heavy atom. The molecule has 0 saturated carbocycles. The molecule has 1 heterocycles. The number of hydrogen-bond donors (Lipinski definition) is 0. The van der Waals surface area contributed by atoms with E-state index in [4.69, 9.17) is 11.6 Å². The molecule has 0 amide bonds. The number of nitrogens with zero attached hydrogens (tertiary/aromatic N) is 2. The molecule has 0 aliphatic heterocycles. The van der Waals surface area contributed by atoms with Gasteiger partial charge in [0.25, 0.3) is 0 Å². The summed E-state index contributed by atoms with van der Waals surface area (Å²) in [5, 5.41) is 0.282. The fourth-order valence-corrected chi connectivity index (χ4v) is 1.71. The first-order valence-corrected chi connectivity index (χ1v) is 5.81. The summed E-state index contributed by atoms with van der Waals surface area (Å²) in [6.07, 6.45) is 8.35. The normalized spacial score (nSPS) is 13.1. The van der Waals surface area contributed by atoms with Crippen LogP contribution in [0, 0.1) is 0 Å². The Kier molecular flexibility index (Phi) is 5.02. The van der Waals surface area contributed by atoms with E-state index in [0.29, 0.717) is 0 Å². The van der Waals surface area contributed by atoms with E-state index in [1.807, 2.05) is 13.1 Å². The van der Waals surface area contributed by atoms with Crippen molar-refractivity contribution in [2.24, 2.45) is 0 Å². The third-order valence-electron chi connectivity index (χ3n) is 2.27. The van der Waals surface area contributed by atoms with Crippen LogP contribution < -0.4 is 0 Å². The van der Waals surface area contributed by atoms with Gasteiger partial charge in [-0.2, -0.15) is 0 Å². The van der Waals surface area contributed by atoms with Crippen molar-refractivity contribution in [3.05, 3.63) is 18.2 Å². The van der Waals surface area contributed by atoms with Crippen LogP contribution in [0.25, 0.3) is 0 Å². The lowest BCUT2D eigenvalue weighted by Gasteiger charge is -2.06. The van der Waals surface area contributed by atoms with Crippen LogP contribution in [0.3, 0.4) is 0 Å². The maximum atomic E-state index is 5.89. The van der Waals surface area contributed by atoms with Gasteiger partial charge in [-0.3, -0.25) is 0 Å². The minimum absolute atomic E-state index is 0.282. The lowest BCUT2D eigenvalue weighted by atomic mass is 10.2. The van der Waals surface area contributed by atoms with E-state index in [1.54, 1.807) is 0 Å². The van der Waals surface area contributed by atoms with Crippen LogP contribution >= 0.6 is 11.6 Å². The van der Waals surface area contributed by atoms with Gasteiger partial charge >= 0.3 is 0 Å². The molecule has 1 unspecified atom stereocenters. The molecular weight excluding hydrogens is 196 g/mol. The number of imidazole rings is 1. The first-order chi connectivity index (χ1) is 6.74. The van der Waals surface area contributed by atoms with Crippen molar-refractivity contribution in [3.63, 3.8) is 0 Å². The summed E-state index contributed by atoms with van der Waals surface area (Å²) in [5.41, 5.74) is 0. The van der Waals surface area contributed by atoms with E-state index in [2.05, 4.69) is 22.7 Å². The van der Waals surface area contributed by atoms with Crippen LogP contribution in [0.5, 0.6) is 0 Å². The SMILES string of the molecule is CCCn1ccnc1CCCC(C)Cl. The van der Waals surface area contributed by atoms with E-state index in [-0.39, 0.29) is 5.38 Å². The van der Waals surface area contributed by atoms with Gasteiger partial charge in [-0.1, -0.05) is 6.92 Å². The Balaban J connectivity index is 2.37. The molecule has 0 N–H and O–H groups in total. The first-order valence-electron chi connectivity index (χ1n) is 5.38. The molecule has 0 aliphatic carbocycles. The molecule has 1 atom stereocenters. The maximum Gasteiger partial charge on any atom is 0.108 e. The van der Waals surface area contributed by atoms with Gasteiger partial charge in [-0.05, 0) is 26.2 Å². The Labute approximate surface area is 91.3 Å². The summed E-state index contributed by atoms with van der Waals surface area (Å²) in [4.78, 5) is 4.35.